The first-order valence-corrected chi connectivity index (χ1v) is 7.52. The molecule has 16 heavy (non-hydrogen) atoms. The Morgan fingerprint density at radius 3 is 2.88 bits per heavy atom. The van der Waals surface area contributed by atoms with Crippen LogP contribution in [0, 0.1) is 0 Å². The Kier molecular flexibility index (Phi) is 6.05. The van der Waals surface area contributed by atoms with Gasteiger partial charge in [0.15, 0.2) is 0 Å². The van der Waals surface area contributed by atoms with Crippen LogP contribution in [0.4, 0.5) is 0 Å². The van der Waals surface area contributed by atoms with Gasteiger partial charge in [-0.05, 0) is 6.42 Å². The molecular formula is C10H17NO3S2. The van der Waals surface area contributed by atoms with Gasteiger partial charge in [-0.3, -0.25) is 9.59 Å². The summed E-state index contributed by atoms with van der Waals surface area (Å²) in [6.45, 7) is 3.74. The maximum Gasteiger partial charge on any atom is 0.313 e. The number of carboxylic acid groups (broad SMARTS) is 1. The van der Waals surface area contributed by atoms with E-state index in [1.807, 2.05) is 16.7 Å². The zero-order valence-corrected chi connectivity index (χ0v) is 11.0. The predicted molar refractivity (Wildman–Crippen MR) is 68.1 cm³/mol. The summed E-state index contributed by atoms with van der Waals surface area (Å²) in [7, 11) is 0. The van der Waals surface area contributed by atoms with E-state index in [1.165, 1.54) is 11.8 Å². The van der Waals surface area contributed by atoms with Crippen LogP contribution < -0.4 is 0 Å². The minimum absolute atomic E-state index is 0.00549. The molecule has 4 nitrogen and oxygen atoms in total. The molecule has 1 saturated heterocycles. The monoisotopic (exact) mass is 263 g/mol. The van der Waals surface area contributed by atoms with Crippen LogP contribution in [0.5, 0.6) is 0 Å². The Morgan fingerprint density at radius 1 is 1.50 bits per heavy atom. The lowest BCUT2D eigenvalue weighted by molar-refractivity contribution is -0.133. The third-order valence-electron chi connectivity index (χ3n) is 2.40. The van der Waals surface area contributed by atoms with E-state index in [-0.39, 0.29) is 17.4 Å². The summed E-state index contributed by atoms with van der Waals surface area (Å²) in [6, 6.07) is 0. The Hall–Kier alpha value is -0.360. The molecule has 1 unspecified atom stereocenters. The number of hydrogen-bond donors (Lipinski definition) is 1. The zero-order valence-electron chi connectivity index (χ0n) is 9.35. The molecule has 0 bridgehead atoms. The Morgan fingerprint density at radius 2 is 2.25 bits per heavy atom. The Bertz CT molecular complexity index is 260. The van der Waals surface area contributed by atoms with Gasteiger partial charge in [0.1, 0.15) is 0 Å². The molecule has 1 atom stereocenters. The molecule has 1 N–H and O–H groups in total. The van der Waals surface area contributed by atoms with Crippen molar-refractivity contribution < 1.29 is 14.7 Å². The predicted octanol–water partition coefficient (Wildman–Crippen LogP) is 1.16. The SMILES string of the molecule is CCC1CN(C(=O)CSCC(=O)O)CCS1. The average Bonchev–Trinajstić information content (AvgIpc) is 2.28. The highest BCUT2D eigenvalue weighted by Crippen LogP contribution is 2.21. The highest BCUT2D eigenvalue weighted by Gasteiger charge is 2.22. The van der Waals surface area contributed by atoms with Crippen LogP contribution in [-0.4, -0.2) is 57.5 Å². The molecule has 0 aliphatic carbocycles. The number of rotatable bonds is 5. The van der Waals surface area contributed by atoms with Crippen molar-refractivity contribution in [2.24, 2.45) is 0 Å². The molecule has 0 aromatic rings. The average molecular weight is 263 g/mol. The van der Waals surface area contributed by atoms with E-state index in [4.69, 9.17) is 5.11 Å². The van der Waals surface area contributed by atoms with Crippen LogP contribution in [0.1, 0.15) is 13.3 Å². The van der Waals surface area contributed by atoms with E-state index in [9.17, 15) is 9.59 Å². The van der Waals surface area contributed by atoms with Crippen LogP contribution in [0.15, 0.2) is 0 Å². The number of nitrogens with zero attached hydrogens (tertiary/aromatic N) is 1. The molecule has 1 amide bonds. The maximum atomic E-state index is 11.7. The van der Waals surface area contributed by atoms with Crippen LogP contribution in [0.25, 0.3) is 0 Å². The largest absolute Gasteiger partial charge is 0.481 e. The molecule has 0 aromatic carbocycles. The van der Waals surface area contributed by atoms with Gasteiger partial charge in [0.2, 0.25) is 5.91 Å². The summed E-state index contributed by atoms with van der Waals surface area (Å²) in [5.74, 6) is 0.496. The van der Waals surface area contributed by atoms with Gasteiger partial charge in [-0.25, -0.2) is 0 Å². The fourth-order valence-corrected chi connectivity index (χ4v) is 3.32. The summed E-state index contributed by atoms with van der Waals surface area (Å²) in [5, 5.41) is 9.01. The molecule has 1 fully saturated rings. The molecule has 0 saturated carbocycles. The highest BCUT2D eigenvalue weighted by atomic mass is 32.2. The van der Waals surface area contributed by atoms with Crippen molar-refractivity contribution >= 4 is 35.4 Å². The molecule has 6 heteroatoms. The van der Waals surface area contributed by atoms with Gasteiger partial charge in [0.05, 0.1) is 11.5 Å². The van der Waals surface area contributed by atoms with E-state index in [2.05, 4.69) is 6.92 Å². The van der Waals surface area contributed by atoms with E-state index in [0.29, 0.717) is 5.25 Å². The molecule has 1 aliphatic heterocycles. The quantitative estimate of drug-likeness (QED) is 0.806. The summed E-state index contributed by atoms with van der Waals surface area (Å²) < 4.78 is 0. The van der Waals surface area contributed by atoms with Gasteiger partial charge in [-0.1, -0.05) is 6.92 Å². The summed E-state index contributed by atoms with van der Waals surface area (Å²) >= 11 is 3.09. The first-order chi connectivity index (χ1) is 7.63. The fourth-order valence-electron chi connectivity index (χ4n) is 1.51. The third-order valence-corrected chi connectivity index (χ3v) is 4.67. The molecule has 1 heterocycles. The van der Waals surface area contributed by atoms with Crippen molar-refractivity contribution in [3.8, 4) is 0 Å². The minimum atomic E-state index is -0.863. The second-order valence-corrected chi connectivity index (χ2v) is 6.02. The van der Waals surface area contributed by atoms with Crippen LogP contribution in [-0.2, 0) is 9.59 Å². The topological polar surface area (TPSA) is 57.6 Å². The van der Waals surface area contributed by atoms with Crippen molar-refractivity contribution in [1.82, 2.24) is 4.90 Å². The number of amides is 1. The lowest BCUT2D eigenvalue weighted by Gasteiger charge is -2.31. The number of carboxylic acids is 1. The zero-order chi connectivity index (χ0) is 12.0. The van der Waals surface area contributed by atoms with Gasteiger partial charge < -0.3 is 10.0 Å². The minimum Gasteiger partial charge on any atom is -0.481 e. The molecule has 0 spiro atoms. The van der Waals surface area contributed by atoms with Crippen molar-refractivity contribution in [1.29, 1.82) is 0 Å². The lowest BCUT2D eigenvalue weighted by Crippen LogP contribution is -2.42. The molecule has 1 aliphatic rings. The standard InChI is InChI=1S/C10H17NO3S2/c1-2-8-5-11(3-4-16-8)9(12)6-15-7-10(13)14/h8H,2-7H2,1H3,(H,13,14). The number of aliphatic carboxylic acids is 1. The Labute approximate surface area is 104 Å². The lowest BCUT2D eigenvalue weighted by atomic mass is 10.3. The van der Waals surface area contributed by atoms with E-state index < -0.39 is 5.97 Å². The first kappa shape index (κ1) is 13.7. The Balaban J connectivity index is 2.27. The number of carbonyl (C=O) groups is 2. The molecular weight excluding hydrogens is 246 g/mol. The molecule has 0 aromatic heterocycles. The van der Waals surface area contributed by atoms with Crippen molar-refractivity contribution in [3.63, 3.8) is 0 Å². The van der Waals surface area contributed by atoms with Crippen molar-refractivity contribution in [2.45, 2.75) is 18.6 Å². The number of thioether (sulfide) groups is 2. The van der Waals surface area contributed by atoms with Crippen LogP contribution in [0.3, 0.4) is 0 Å². The summed E-state index contributed by atoms with van der Waals surface area (Å²) in [6.07, 6.45) is 1.08. The molecule has 92 valence electrons. The fraction of sp³-hybridized carbons (Fsp3) is 0.800. The maximum absolute atomic E-state index is 11.7. The molecule has 0 radical (unpaired) electrons. The summed E-state index contributed by atoms with van der Waals surface area (Å²) in [4.78, 5) is 23.9. The van der Waals surface area contributed by atoms with E-state index in [0.717, 1.165) is 25.3 Å². The highest BCUT2D eigenvalue weighted by molar-refractivity contribution is 8.00. The number of carbonyl (C=O) groups excluding carboxylic acids is 1. The first-order valence-electron chi connectivity index (χ1n) is 5.32. The van der Waals surface area contributed by atoms with Gasteiger partial charge in [0.25, 0.3) is 0 Å². The van der Waals surface area contributed by atoms with Crippen molar-refractivity contribution in [3.05, 3.63) is 0 Å². The second-order valence-electron chi connectivity index (χ2n) is 3.63. The van der Waals surface area contributed by atoms with E-state index >= 15 is 0 Å². The number of hydrogen-bond acceptors (Lipinski definition) is 4. The van der Waals surface area contributed by atoms with Gasteiger partial charge in [-0.15, -0.1) is 11.8 Å². The van der Waals surface area contributed by atoms with Gasteiger partial charge in [-0.2, -0.15) is 11.8 Å². The van der Waals surface area contributed by atoms with Crippen molar-refractivity contribution in [2.75, 3.05) is 30.3 Å². The molecule has 1 rings (SSSR count). The second kappa shape index (κ2) is 7.06. The normalized spacial score (nSPS) is 20.8. The van der Waals surface area contributed by atoms with Gasteiger partial charge in [0, 0.05) is 24.1 Å². The van der Waals surface area contributed by atoms with E-state index in [1.54, 1.807) is 0 Å². The van der Waals surface area contributed by atoms with Crippen LogP contribution >= 0.6 is 23.5 Å². The third kappa shape index (κ3) is 4.65. The summed E-state index contributed by atoms with van der Waals surface area (Å²) in [5.41, 5.74) is 0. The van der Waals surface area contributed by atoms with Gasteiger partial charge >= 0.3 is 5.97 Å². The van der Waals surface area contributed by atoms with Crippen LogP contribution in [0.2, 0.25) is 0 Å². The smallest absolute Gasteiger partial charge is 0.313 e.